The Balaban J connectivity index is 2.61. The minimum Gasteiger partial charge on any atom is -0.496 e. The van der Waals surface area contributed by atoms with Crippen molar-refractivity contribution in [1.29, 1.82) is 0 Å². The third kappa shape index (κ3) is 1.13. The number of rotatable bonds is 1. The van der Waals surface area contributed by atoms with E-state index < -0.39 is 5.63 Å². The number of methoxy groups -OCH3 is 1. The number of ether oxygens (including phenoxy) is 1. The molecule has 2 heterocycles. The summed E-state index contributed by atoms with van der Waals surface area (Å²) in [5, 5.41) is 1.57. The molecule has 1 aromatic carbocycles. The third-order valence-electron chi connectivity index (χ3n) is 2.51. The number of hydrogen-bond donors (Lipinski definition) is 0. The number of hydrogen-bond acceptors (Lipinski definition) is 4. The van der Waals surface area contributed by atoms with Crippen LogP contribution in [0.3, 0.4) is 0 Å². The monoisotopic (exact) mass is 216 g/mol. The van der Waals surface area contributed by atoms with Crippen molar-refractivity contribution < 1.29 is 13.6 Å². The highest BCUT2D eigenvalue weighted by Gasteiger charge is 2.11. The van der Waals surface area contributed by atoms with Gasteiger partial charge in [-0.3, -0.25) is 0 Å². The van der Waals surface area contributed by atoms with Gasteiger partial charge in [-0.15, -0.1) is 0 Å². The molecule has 0 aliphatic rings. The molecule has 0 spiro atoms. The molecule has 0 aliphatic carbocycles. The van der Waals surface area contributed by atoms with Gasteiger partial charge in [-0.25, -0.2) is 4.79 Å². The van der Waals surface area contributed by atoms with Gasteiger partial charge in [0.2, 0.25) is 0 Å². The van der Waals surface area contributed by atoms with Crippen molar-refractivity contribution in [2.45, 2.75) is 0 Å². The lowest BCUT2D eigenvalue weighted by atomic mass is 10.1. The topological polar surface area (TPSA) is 52.6 Å². The molecule has 0 saturated heterocycles. The van der Waals surface area contributed by atoms with E-state index in [1.54, 1.807) is 25.5 Å². The summed E-state index contributed by atoms with van der Waals surface area (Å²) in [5.74, 6) is 0.660. The summed E-state index contributed by atoms with van der Waals surface area (Å²) >= 11 is 0. The van der Waals surface area contributed by atoms with Crippen molar-refractivity contribution in [2.75, 3.05) is 7.11 Å². The maximum absolute atomic E-state index is 11.2. The maximum atomic E-state index is 11.2. The second-order valence-electron chi connectivity index (χ2n) is 3.42. The van der Waals surface area contributed by atoms with Crippen LogP contribution in [0, 0.1) is 0 Å². The molecule has 2 aromatic heterocycles. The van der Waals surface area contributed by atoms with Gasteiger partial charge in [-0.05, 0) is 18.2 Å². The van der Waals surface area contributed by atoms with E-state index in [0.29, 0.717) is 16.9 Å². The fourth-order valence-electron chi connectivity index (χ4n) is 1.78. The molecule has 16 heavy (non-hydrogen) atoms. The summed E-state index contributed by atoms with van der Waals surface area (Å²) in [6.45, 7) is 0. The van der Waals surface area contributed by atoms with Gasteiger partial charge in [-0.2, -0.15) is 0 Å². The van der Waals surface area contributed by atoms with Gasteiger partial charge in [0.25, 0.3) is 0 Å². The highest BCUT2D eigenvalue weighted by Crippen LogP contribution is 2.32. The molecule has 0 bridgehead atoms. The van der Waals surface area contributed by atoms with E-state index >= 15 is 0 Å². The normalized spacial score (nSPS) is 11.1. The van der Waals surface area contributed by atoms with Crippen LogP contribution in [0.2, 0.25) is 0 Å². The standard InChI is InChI=1S/C12H8O4/c1-14-9-6-7-4-5-15-11(7)12-8(9)2-3-10(13)16-12/h2-6H,1H3. The van der Waals surface area contributed by atoms with E-state index in [-0.39, 0.29) is 0 Å². The van der Waals surface area contributed by atoms with Crippen LogP contribution >= 0.6 is 0 Å². The average molecular weight is 216 g/mol. The van der Waals surface area contributed by atoms with E-state index in [1.807, 2.05) is 6.07 Å². The number of furan rings is 1. The number of benzene rings is 1. The van der Waals surface area contributed by atoms with E-state index in [4.69, 9.17) is 13.6 Å². The average Bonchev–Trinajstić information content (AvgIpc) is 2.75. The van der Waals surface area contributed by atoms with Crippen LogP contribution in [0.5, 0.6) is 5.75 Å². The van der Waals surface area contributed by atoms with E-state index in [0.717, 1.165) is 10.8 Å². The van der Waals surface area contributed by atoms with Gasteiger partial charge >= 0.3 is 5.63 Å². The highest BCUT2D eigenvalue weighted by atomic mass is 16.5. The Hall–Kier alpha value is -2.23. The zero-order chi connectivity index (χ0) is 11.1. The van der Waals surface area contributed by atoms with Gasteiger partial charge in [0.1, 0.15) is 5.75 Å². The van der Waals surface area contributed by atoms with Gasteiger partial charge in [-0.1, -0.05) is 0 Å². The van der Waals surface area contributed by atoms with Crippen LogP contribution < -0.4 is 10.4 Å². The van der Waals surface area contributed by atoms with E-state index in [9.17, 15) is 4.79 Å². The molecule has 0 aliphatic heterocycles. The van der Waals surface area contributed by atoms with Crippen LogP contribution in [0.4, 0.5) is 0 Å². The lowest BCUT2D eigenvalue weighted by molar-refractivity contribution is 0.419. The molecule has 0 saturated carbocycles. The zero-order valence-electron chi connectivity index (χ0n) is 8.52. The van der Waals surface area contributed by atoms with E-state index in [2.05, 4.69) is 0 Å². The smallest absolute Gasteiger partial charge is 0.336 e. The molecular formula is C12H8O4. The van der Waals surface area contributed by atoms with Gasteiger partial charge in [0, 0.05) is 11.5 Å². The molecule has 0 N–H and O–H groups in total. The zero-order valence-corrected chi connectivity index (χ0v) is 8.52. The summed E-state index contributed by atoms with van der Waals surface area (Å²) in [5.41, 5.74) is 0.582. The lowest BCUT2D eigenvalue weighted by Gasteiger charge is -2.04. The van der Waals surface area contributed by atoms with Gasteiger partial charge in [0.05, 0.1) is 18.8 Å². The minimum atomic E-state index is -0.404. The van der Waals surface area contributed by atoms with Crippen molar-refractivity contribution in [3.8, 4) is 5.75 Å². The Kier molecular flexibility index (Phi) is 1.77. The predicted octanol–water partition coefficient (Wildman–Crippen LogP) is 2.55. The Morgan fingerprint density at radius 1 is 1.19 bits per heavy atom. The second-order valence-corrected chi connectivity index (χ2v) is 3.42. The fraction of sp³-hybridized carbons (Fsp3) is 0.0833. The summed E-state index contributed by atoms with van der Waals surface area (Å²) in [6, 6.07) is 6.67. The molecule has 0 atom stereocenters. The maximum Gasteiger partial charge on any atom is 0.336 e. The highest BCUT2D eigenvalue weighted by molar-refractivity contribution is 6.03. The first kappa shape index (κ1) is 9.03. The van der Waals surface area contributed by atoms with Crippen LogP contribution in [-0.2, 0) is 0 Å². The van der Waals surface area contributed by atoms with Crippen LogP contribution in [0.15, 0.2) is 44.2 Å². The van der Waals surface area contributed by atoms with Crippen molar-refractivity contribution in [3.05, 3.63) is 40.9 Å². The quantitative estimate of drug-likeness (QED) is 0.586. The second kappa shape index (κ2) is 3.13. The molecule has 0 amide bonds. The largest absolute Gasteiger partial charge is 0.496 e. The molecule has 4 heteroatoms. The summed E-state index contributed by atoms with van der Waals surface area (Å²) in [7, 11) is 1.58. The Labute approximate surface area is 90.0 Å². The fourth-order valence-corrected chi connectivity index (χ4v) is 1.78. The van der Waals surface area contributed by atoms with Crippen molar-refractivity contribution in [2.24, 2.45) is 0 Å². The molecule has 0 radical (unpaired) electrons. The summed E-state index contributed by atoms with van der Waals surface area (Å²) in [4.78, 5) is 11.2. The van der Waals surface area contributed by atoms with Gasteiger partial charge in [0.15, 0.2) is 11.2 Å². The first-order valence-electron chi connectivity index (χ1n) is 4.77. The summed E-state index contributed by atoms with van der Waals surface area (Å²) in [6.07, 6.45) is 1.55. The summed E-state index contributed by atoms with van der Waals surface area (Å²) < 4.78 is 15.7. The SMILES string of the molecule is COc1cc2ccoc2c2oc(=O)ccc12. The number of fused-ring (bicyclic) bond motifs is 3. The Morgan fingerprint density at radius 3 is 2.88 bits per heavy atom. The Morgan fingerprint density at radius 2 is 2.06 bits per heavy atom. The van der Waals surface area contributed by atoms with Crippen LogP contribution in [-0.4, -0.2) is 7.11 Å². The van der Waals surface area contributed by atoms with Crippen LogP contribution in [0.25, 0.3) is 21.9 Å². The van der Waals surface area contributed by atoms with Gasteiger partial charge < -0.3 is 13.6 Å². The third-order valence-corrected chi connectivity index (χ3v) is 2.51. The first-order valence-corrected chi connectivity index (χ1v) is 4.77. The van der Waals surface area contributed by atoms with Crippen molar-refractivity contribution in [1.82, 2.24) is 0 Å². The molecule has 80 valence electrons. The molecule has 3 aromatic rings. The molecule has 3 rings (SSSR count). The first-order chi connectivity index (χ1) is 7.79. The molecule has 0 unspecified atom stereocenters. The molecule has 4 nitrogen and oxygen atoms in total. The lowest BCUT2D eigenvalue weighted by Crippen LogP contribution is -1.95. The Bertz CT molecular complexity index is 721. The van der Waals surface area contributed by atoms with Crippen molar-refractivity contribution >= 4 is 21.9 Å². The van der Waals surface area contributed by atoms with E-state index in [1.165, 1.54) is 6.07 Å². The minimum absolute atomic E-state index is 0.404. The van der Waals surface area contributed by atoms with Crippen LogP contribution in [0.1, 0.15) is 0 Å². The predicted molar refractivity (Wildman–Crippen MR) is 58.8 cm³/mol. The van der Waals surface area contributed by atoms with Crippen molar-refractivity contribution in [3.63, 3.8) is 0 Å². The molecule has 0 fully saturated rings. The molecular weight excluding hydrogens is 208 g/mol.